The first-order valence-corrected chi connectivity index (χ1v) is 5.96. The maximum Gasteiger partial charge on any atom is 0.419 e. The van der Waals surface area contributed by atoms with Crippen molar-refractivity contribution in [1.82, 2.24) is 0 Å². The molecule has 0 saturated heterocycles. The van der Waals surface area contributed by atoms with E-state index in [4.69, 9.17) is 4.74 Å². The largest absolute Gasteiger partial charge is 0.498 e. The zero-order valence-electron chi connectivity index (χ0n) is 10.6. The summed E-state index contributed by atoms with van der Waals surface area (Å²) < 4.78 is 57.9. The van der Waals surface area contributed by atoms with Gasteiger partial charge in [0.05, 0.1) is 17.9 Å². The minimum Gasteiger partial charge on any atom is -0.498 e. The van der Waals surface area contributed by atoms with Crippen LogP contribution in [0.5, 0.6) is 0 Å². The van der Waals surface area contributed by atoms with Crippen molar-refractivity contribution in [2.75, 3.05) is 6.61 Å². The molecule has 2 rings (SSSR count). The summed E-state index contributed by atoms with van der Waals surface area (Å²) in [6.07, 6.45) is -2.42. The smallest absolute Gasteiger partial charge is 0.419 e. The molecule has 1 atom stereocenters. The van der Waals surface area contributed by atoms with Gasteiger partial charge in [0.2, 0.25) is 0 Å². The van der Waals surface area contributed by atoms with Gasteiger partial charge >= 0.3 is 6.18 Å². The van der Waals surface area contributed by atoms with E-state index in [-0.39, 0.29) is 23.7 Å². The Kier molecular flexibility index (Phi) is 3.56. The summed E-state index contributed by atoms with van der Waals surface area (Å²) >= 11 is 0. The van der Waals surface area contributed by atoms with Crippen LogP contribution in [0.4, 0.5) is 17.6 Å². The molecule has 0 bridgehead atoms. The normalized spacial score (nSPS) is 19.9. The standard InChI is InChI=1S/C14H14F4O/c1-8-3-6-11(10-5-4-9(2)19-7-10)13(15)12(8)14(16,17)18/h3-4,6,10H,5,7H2,1-2H3. The molecule has 1 unspecified atom stereocenters. The van der Waals surface area contributed by atoms with Gasteiger partial charge in [-0.25, -0.2) is 4.39 Å². The van der Waals surface area contributed by atoms with Crippen LogP contribution in [0, 0.1) is 12.7 Å². The van der Waals surface area contributed by atoms with Gasteiger partial charge in [-0.15, -0.1) is 0 Å². The van der Waals surface area contributed by atoms with Crippen LogP contribution in [0.3, 0.4) is 0 Å². The summed E-state index contributed by atoms with van der Waals surface area (Å²) in [5.41, 5.74) is -1.20. The van der Waals surface area contributed by atoms with Gasteiger partial charge in [0, 0.05) is 5.92 Å². The molecule has 1 nitrogen and oxygen atoms in total. The van der Waals surface area contributed by atoms with Crippen molar-refractivity contribution in [3.8, 4) is 0 Å². The van der Waals surface area contributed by atoms with E-state index in [0.29, 0.717) is 6.42 Å². The summed E-state index contributed by atoms with van der Waals surface area (Å²) in [6, 6.07) is 2.73. The molecule has 5 heteroatoms. The molecular weight excluding hydrogens is 260 g/mol. The highest BCUT2D eigenvalue weighted by Gasteiger charge is 2.37. The molecule has 0 radical (unpaired) electrons. The fourth-order valence-electron chi connectivity index (χ4n) is 2.24. The van der Waals surface area contributed by atoms with Crippen LogP contribution in [0.25, 0.3) is 0 Å². The molecule has 1 aromatic rings. The highest BCUT2D eigenvalue weighted by molar-refractivity contribution is 5.37. The Hall–Kier alpha value is -1.52. The fourth-order valence-corrected chi connectivity index (χ4v) is 2.24. The third kappa shape index (κ3) is 2.74. The van der Waals surface area contributed by atoms with Gasteiger partial charge in [-0.3, -0.25) is 0 Å². The minimum atomic E-state index is -4.68. The van der Waals surface area contributed by atoms with Gasteiger partial charge in [-0.2, -0.15) is 13.2 Å². The Labute approximate surface area is 108 Å². The number of aryl methyl sites for hydroxylation is 1. The molecule has 0 fully saturated rings. The van der Waals surface area contributed by atoms with E-state index in [1.54, 1.807) is 13.0 Å². The van der Waals surface area contributed by atoms with Crippen LogP contribution >= 0.6 is 0 Å². The maximum absolute atomic E-state index is 14.1. The summed E-state index contributed by atoms with van der Waals surface area (Å²) in [4.78, 5) is 0. The molecule has 19 heavy (non-hydrogen) atoms. The van der Waals surface area contributed by atoms with E-state index in [2.05, 4.69) is 0 Å². The number of alkyl halides is 3. The van der Waals surface area contributed by atoms with Gasteiger partial charge in [0.25, 0.3) is 0 Å². The summed E-state index contributed by atoms with van der Waals surface area (Å²) in [7, 11) is 0. The minimum absolute atomic E-state index is 0.0710. The molecule has 0 N–H and O–H groups in total. The molecule has 0 aromatic heterocycles. The average Bonchev–Trinajstić information content (AvgIpc) is 2.29. The number of hydrogen-bond acceptors (Lipinski definition) is 1. The van der Waals surface area contributed by atoms with E-state index in [0.717, 1.165) is 5.76 Å². The Morgan fingerprint density at radius 2 is 1.89 bits per heavy atom. The summed E-state index contributed by atoms with van der Waals surface area (Å²) in [5.74, 6) is -0.820. The molecule has 1 aromatic carbocycles. The molecule has 0 spiro atoms. The lowest BCUT2D eigenvalue weighted by atomic mass is 9.91. The lowest BCUT2D eigenvalue weighted by Crippen LogP contribution is -2.17. The van der Waals surface area contributed by atoms with Crippen molar-refractivity contribution in [2.24, 2.45) is 0 Å². The van der Waals surface area contributed by atoms with Gasteiger partial charge in [0.15, 0.2) is 0 Å². The molecule has 1 aliphatic heterocycles. The topological polar surface area (TPSA) is 9.23 Å². The second kappa shape index (κ2) is 4.87. The zero-order chi connectivity index (χ0) is 14.2. The first-order chi connectivity index (χ1) is 8.80. The first-order valence-electron chi connectivity index (χ1n) is 5.96. The Morgan fingerprint density at radius 3 is 2.42 bits per heavy atom. The Bertz CT molecular complexity index is 517. The number of ether oxygens (including phenoxy) is 1. The van der Waals surface area contributed by atoms with E-state index < -0.39 is 17.6 Å². The number of benzene rings is 1. The van der Waals surface area contributed by atoms with Gasteiger partial charge in [-0.05, 0) is 37.5 Å². The fraction of sp³-hybridized carbons (Fsp3) is 0.429. The van der Waals surface area contributed by atoms with Crippen LogP contribution in [0.1, 0.15) is 36.0 Å². The van der Waals surface area contributed by atoms with E-state index in [9.17, 15) is 17.6 Å². The highest BCUT2D eigenvalue weighted by atomic mass is 19.4. The van der Waals surface area contributed by atoms with Crippen molar-refractivity contribution in [3.63, 3.8) is 0 Å². The SMILES string of the molecule is CC1=CCC(c2ccc(C)c(C(F)(F)F)c2F)CO1. The van der Waals surface area contributed by atoms with Crippen LogP contribution < -0.4 is 0 Å². The van der Waals surface area contributed by atoms with Crippen LogP contribution in [-0.2, 0) is 10.9 Å². The number of hydrogen-bond donors (Lipinski definition) is 0. The third-order valence-electron chi connectivity index (χ3n) is 3.31. The lowest BCUT2D eigenvalue weighted by molar-refractivity contribution is -0.140. The molecular formula is C14H14F4O. The van der Waals surface area contributed by atoms with Crippen LogP contribution in [0.15, 0.2) is 24.0 Å². The Morgan fingerprint density at radius 1 is 1.21 bits per heavy atom. The molecule has 104 valence electrons. The Balaban J connectivity index is 2.43. The quantitative estimate of drug-likeness (QED) is 0.682. The van der Waals surface area contributed by atoms with Crippen molar-refractivity contribution < 1.29 is 22.3 Å². The lowest BCUT2D eigenvalue weighted by Gasteiger charge is -2.24. The summed E-state index contributed by atoms with van der Waals surface area (Å²) in [6.45, 7) is 3.24. The molecule has 1 heterocycles. The van der Waals surface area contributed by atoms with Crippen molar-refractivity contribution >= 4 is 0 Å². The predicted molar refractivity (Wildman–Crippen MR) is 63.2 cm³/mol. The van der Waals surface area contributed by atoms with E-state index in [1.165, 1.54) is 19.1 Å². The molecule has 0 amide bonds. The summed E-state index contributed by atoms with van der Waals surface area (Å²) in [5, 5.41) is 0. The maximum atomic E-state index is 14.1. The third-order valence-corrected chi connectivity index (χ3v) is 3.31. The van der Waals surface area contributed by atoms with E-state index >= 15 is 0 Å². The highest BCUT2D eigenvalue weighted by Crippen LogP contribution is 2.38. The molecule has 0 saturated carbocycles. The van der Waals surface area contributed by atoms with Gasteiger partial charge < -0.3 is 4.74 Å². The van der Waals surface area contributed by atoms with Crippen LogP contribution in [0.2, 0.25) is 0 Å². The number of allylic oxidation sites excluding steroid dienone is 2. The van der Waals surface area contributed by atoms with E-state index in [1.807, 2.05) is 0 Å². The van der Waals surface area contributed by atoms with Crippen molar-refractivity contribution in [2.45, 2.75) is 32.4 Å². The number of halogens is 4. The van der Waals surface area contributed by atoms with Crippen molar-refractivity contribution in [1.29, 1.82) is 0 Å². The monoisotopic (exact) mass is 274 g/mol. The van der Waals surface area contributed by atoms with Gasteiger partial charge in [-0.1, -0.05) is 12.1 Å². The zero-order valence-corrected chi connectivity index (χ0v) is 10.6. The van der Waals surface area contributed by atoms with Gasteiger partial charge in [0.1, 0.15) is 5.82 Å². The number of rotatable bonds is 1. The van der Waals surface area contributed by atoms with Crippen LogP contribution in [-0.4, -0.2) is 6.61 Å². The average molecular weight is 274 g/mol. The first kappa shape index (κ1) is 13.9. The van der Waals surface area contributed by atoms with Crippen molar-refractivity contribution in [3.05, 3.63) is 46.5 Å². The molecule has 0 aliphatic carbocycles. The second-order valence-corrected chi connectivity index (χ2v) is 4.72. The second-order valence-electron chi connectivity index (χ2n) is 4.72. The molecule has 1 aliphatic rings. The predicted octanol–water partition coefficient (Wildman–Crippen LogP) is 4.56.